The van der Waals surface area contributed by atoms with Gasteiger partial charge in [-0.25, -0.2) is 0 Å². The van der Waals surface area contributed by atoms with Crippen LogP contribution in [0.5, 0.6) is 5.75 Å². The quantitative estimate of drug-likeness (QED) is 0.506. The van der Waals surface area contributed by atoms with Crippen LogP contribution < -0.4 is 4.74 Å². The van der Waals surface area contributed by atoms with Crippen LogP contribution in [-0.4, -0.2) is 6.36 Å². The van der Waals surface area contributed by atoms with Gasteiger partial charge in [-0.05, 0) is 96.7 Å². The SMILES string of the molecule is CC/C=C/C1CCc2c(ccc3c2CCC(c2ccc(OC(F)(F)F)cc2)C3)C1. The minimum Gasteiger partial charge on any atom is -0.406 e. The third-order valence-electron chi connectivity index (χ3n) is 6.31. The molecule has 0 amide bonds. The third kappa shape index (κ3) is 4.68. The Kier molecular flexibility index (Phi) is 5.71. The fraction of sp³-hybridized carbons (Fsp3) is 0.440. The van der Waals surface area contributed by atoms with E-state index in [0.717, 1.165) is 44.1 Å². The van der Waals surface area contributed by atoms with E-state index in [1.807, 2.05) is 0 Å². The van der Waals surface area contributed by atoms with Crippen molar-refractivity contribution in [3.8, 4) is 5.75 Å². The van der Waals surface area contributed by atoms with Crippen LogP contribution in [0, 0.1) is 5.92 Å². The second-order valence-electron chi connectivity index (χ2n) is 8.24. The molecule has 2 aromatic rings. The monoisotopic (exact) mass is 400 g/mol. The number of allylic oxidation sites excluding steroid dienone is 2. The number of alkyl halides is 3. The van der Waals surface area contributed by atoms with E-state index in [4.69, 9.17) is 0 Å². The van der Waals surface area contributed by atoms with Crippen LogP contribution in [0.3, 0.4) is 0 Å². The largest absolute Gasteiger partial charge is 0.573 e. The Morgan fingerprint density at radius 1 is 0.931 bits per heavy atom. The Labute approximate surface area is 170 Å². The molecule has 0 N–H and O–H groups in total. The average molecular weight is 400 g/mol. The van der Waals surface area contributed by atoms with Crippen molar-refractivity contribution in [1.82, 2.24) is 0 Å². The second kappa shape index (κ2) is 8.25. The van der Waals surface area contributed by atoms with E-state index in [1.165, 1.54) is 35.2 Å². The third-order valence-corrected chi connectivity index (χ3v) is 6.31. The van der Waals surface area contributed by atoms with Gasteiger partial charge in [-0.1, -0.05) is 43.3 Å². The van der Waals surface area contributed by atoms with Gasteiger partial charge in [0.05, 0.1) is 0 Å². The zero-order valence-corrected chi connectivity index (χ0v) is 16.8. The topological polar surface area (TPSA) is 9.23 Å². The van der Waals surface area contributed by atoms with Crippen molar-refractivity contribution in [2.24, 2.45) is 5.92 Å². The minimum atomic E-state index is -4.64. The molecule has 1 nitrogen and oxygen atoms in total. The van der Waals surface area contributed by atoms with E-state index in [-0.39, 0.29) is 5.75 Å². The molecular formula is C25H27F3O. The summed E-state index contributed by atoms with van der Waals surface area (Å²) in [5, 5.41) is 0. The van der Waals surface area contributed by atoms with E-state index >= 15 is 0 Å². The summed E-state index contributed by atoms with van der Waals surface area (Å²) < 4.78 is 41.1. The van der Waals surface area contributed by atoms with Crippen LogP contribution in [0.15, 0.2) is 48.6 Å². The molecule has 2 aliphatic rings. The predicted octanol–water partition coefficient (Wildman–Crippen LogP) is 6.93. The van der Waals surface area contributed by atoms with Crippen molar-refractivity contribution in [1.29, 1.82) is 0 Å². The lowest BCUT2D eigenvalue weighted by atomic mass is 9.74. The Morgan fingerprint density at radius 2 is 1.59 bits per heavy atom. The fourth-order valence-electron chi connectivity index (χ4n) is 4.91. The van der Waals surface area contributed by atoms with Gasteiger partial charge in [-0.15, -0.1) is 13.2 Å². The summed E-state index contributed by atoms with van der Waals surface area (Å²) in [4.78, 5) is 0. The maximum absolute atomic E-state index is 12.4. The molecule has 2 aromatic carbocycles. The van der Waals surface area contributed by atoms with Crippen molar-refractivity contribution in [3.05, 3.63) is 76.4 Å². The Balaban J connectivity index is 1.48. The van der Waals surface area contributed by atoms with Gasteiger partial charge in [0, 0.05) is 0 Å². The summed E-state index contributed by atoms with van der Waals surface area (Å²) >= 11 is 0. The molecule has 0 aromatic heterocycles. The molecule has 2 atom stereocenters. The smallest absolute Gasteiger partial charge is 0.406 e. The lowest BCUT2D eigenvalue weighted by Gasteiger charge is -2.31. The highest BCUT2D eigenvalue weighted by molar-refractivity contribution is 5.46. The van der Waals surface area contributed by atoms with Gasteiger partial charge in [0.25, 0.3) is 0 Å². The van der Waals surface area contributed by atoms with Gasteiger partial charge in [-0.3, -0.25) is 0 Å². The molecule has 2 aliphatic carbocycles. The van der Waals surface area contributed by atoms with Gasteiger partial charge >= 0.3 is 6.36 Å². The highest BCUT2D eigenvalue weighted by atomic mass is 19.4. The maximum atomic E-state index is 12.4. The number of ether oxygens (including phenoxy) is 1. The molecule has 0 bridgehead atoms. The first kappa shape index (κ1) is 20.1. The Hall–Kier alpha value is -2.23. The van der Waals surface area contributed by atoms with Crippen LogP contribution in [0.25, 0.3) is 0 Å². The molecule has 154 valence electrons. The van der Waals surface area contributed by atoms with E-state index in [2.05, 4.69) is 35.9 Å². The van der Waals surface area contributed by atoms with Crippen molar-refractivity contribution in [3.63, 3.8) is 0 Å². The van der Waals surface area contributed by atoms with Gasteiger partial charge in [-0.2, -0.15) is 0 Å². The molecular weight excluding hydrogens is 373 g/mol. The van der Waals surface area contributed by atoms with Gasteiger partial charge in [0.2, 0.25) is 0 Å². The highest BCUT2D eigenvalue weighted by Crippen LogP contribution is 2.39. The normalized spacial score (nSPS) is 21.7. The number of benzene rings is 2. The lowest BCUT2D eigenvalue weighted by molar-refractivity contribution is -0.274. The fourth-order valence-corrected chi connectivity index (χ4v) is 4.91. The molecule has 0 saturated carbocycles. The summed E-state index contributed by atoms with van der Waals surface area (Å²) in [7, 11) is 0. The zero-order valence-electron chi connectivity index (χ0n) is 16.8. The van der Waals surface area contributed by atoms with Crippen molar-refractivity contribution >= 4 is 0 Å². The Bertz CT molecular complexity index is 880. The van der Waals surface area contributed by atoms with Crippen LogP contribution in [0.1, 0.15) is 59.9 Å². The number of rotatable bonds is 4. The molecule has 0 aliphatic heterocycles. The standard InChI is InChI=1S/C25H27F3O/c1-2-3-4-17-5-13-23-20(15-17)6-7-21-16-19(10-14-24(21)23)18-8-11-22(12-9-18)29-25(26,27)28/h3-4,6-9,11-12,17,19H,2,5,10,13-16H2,1H3/b4-3+. The number of hydrogen-bond donors (Lipinski definition) is 0. The summed E-state index contributed by atoms with van der Waals surface area (Å²) in [5.74, 6) is 0.858. The molecule has 0 radical (unpaired) electrons. The first-order chi connectivity index (χ1) is 13.9. The van der Waals surface area contributed by atoms with E-state index < -0.39 is 6.36 Å². The predicted molar refractivity (Wildman–Crippen MR) is 109 cm³/mol. The molecule has 2 unspecified atom stereocenters. The minimum absolute atomic E-state index is 0.154. The molecule has 4 rings (SSSR count). The van der Waals surface area contributed by atoms with Crippen molar-refractivity contribution in [2.75, 3.05) is 0 Å². The van der Waals surface area contributed by atoms with E-state index in [9.17, 15) is 13.2 Å². The first-order valence-electron chi connectivity index (χ1n) is 10.6. The number of halogens is 3. The van der Waals surface area contributed by atoms with E-state index in [1.54, 1.807) is 17.7 Å². The van der Waals surface area contributed by atoms with Gasteiger partial charge in [0.1, 0.15) is 5.75 Å². The van der Waals surface area contributed by atoms with Gasteiger partial charge in [0.15, 0.2) is 0 Å². The summed E-state index contributed by atoms with van der Waals surface area (Å²) in [6, 6.07) is 11.0. The summed E-state index contributed by atoms with van der Waals surface area (Å²) in [6.07, 6.45) is 7.70. The average Bonchev–Trinajstić information content (AvgIpc) is 2.71. The van der Waals surface area contributed by atoms with Crippen molar-refractivity contribution in [2.45, 2.75) is 64.1 Å². The van der Waals surface area contributed by atoms with Crippen LogP contribution >= 0.6 is 0 Å². The first-order valence-corrected chi connectivity index (χ1v) is 10.6. The van der Waals surface area contributed by atoms with Gasteiger partial charge < -0.3 is 4.74 Å². The molecule has 0 saturated heterocycles. The number of hydrogen-bond acceptors (Lipinski definition) is 1. The van der Waals surface area contributed by atoms with Crippen LogP contribution in [0.2, 0.25) is 0 Å². The highest BCUT2D eigenvalue weighted by Gasteiger charge is 2.31. The van der Waals surface area contributed by atoms with Crippen LogP contribution in [-0.2, 0) is 25.7 Å². The molecule has 0 heterocycles. The maximum Gasteiger partial charge on any atom is 0.573 e. The van der Waals surface area contributed by atoms with E-state index in [0.29, 0.717) is 11.8 Å². The molecule has 0 spiro atoms. The summed E-state index contributed by atoms with van der Waals surface area (Å²) in [5.41, 5.74) is 7.11. The lowest BCUT2D eigenvalue weighted by Crippen LogP contribution is -2.20. The molecule has 4 heteroatoms. The Morgan fingerprint density at radius 3 is 2.24 bits per heavy atom. The molecule has 0 fully saturated rings. The second-order valence-corrected chi connectivity index (χ2v) is 8.24. The number of fused-ring (bicyclic) bond motifs is 3. The zero-order chi connectivity index (χ0) is 20.4. The summed E-state index contributed by atoms with van der Waals surface area (Å²) in [6.45, 7) is 2.18. The van der Waals surface area contributed by atoms with Crippen LogP contribution in [0.4, 0.5) is 13.2 Å². The van der Waals surface area contributed by atoms with Crippen molar-refractivity contribution < 1.29 is 17.9 Å². The molecule has 29 heavy (non-hydrogen) atoms.